The molecule has 0 bridgehead atoms. The summed E-state index contributed by atoms with van der Waals surface area (Å²) in [4.78, 5) is 12.6. The molecule has 0 aliphatic heterocycles. The van der Waals surface area contributed by atoms with Crippen LogP contribution in [-0.2, 0) is 9.53 Å². The highest BCUT2D eigenvalue weighted by Crippen LogP contribution is 2.52. The third-order valence-corrected chi connectivity index (χ3v) is 5.87. The number of hydrogen-bond acceptors (Lipinski definition) is 2. The Balaban J connectivity index is 2.09. The maximum absolute atomic E-state index is 12.6. The third-order valence-electron chi connectivity index (χ3n) is 5.87. The van der Waals surface area contributed by atoms with E-state index in [-0.39, 0.29) is 17.1 Å². The van der Waals surface area contributed by atoms with Crippen LogP contribution in [0.1, 0.15) is 46.0 Å². The fourth-order valence-corrected chi connectivity index (χ4v) is 4.55. The van der Waals surface area contributed by atoms with Gasteiger partial charge in [0.2, 0.25) is 0 Å². The maximum Gasteiger partial charge on any atom is 0.162 e. The van der Waals surface area contributed by atoms with Gasteiger partial charge in [0.1, 0.15) is 0 Å². The van der Waals surface area contributed by atoms with Crippen molar-refractivity contribution >= 4 is 5.78 Å². The average Bonchev–Trinajstić information content (AvgIpc) is 2.94. The van der Waals surface area contributed by atoms with Crippen molar-refractivity contribution in [3.05, 3.63) is 34.9 Å². The van der Waals surface area contributed by atoms with Gasteiger partial charge in [-0.05, 0) is 38.2 Å². The molecular formula is C19H26O2. The van der Waals surface area contributed by atoms with Crippen LogP contribution in [0, 0.1) is 17.3 Å². The van der Waals surface area contributed by atoms with Gasteiger partial charge < -0.3 is 4.74 Å². The molecule has 0 aromatic heterocycles. The highest BCUT2D eigenvalue weighted by Gasteiger charge is 2.42. The summed E-state index contributed by atoms with van der Waals surface area (Å²) in [5, 5.41) is 0. The first-order valence-electron chi connectivity index (χ1n) is 8.09. The first-order chi connectivity index (χ1) is 9.96. The topological polar surface area (TPSA) is 26.3 Å². The molecule has 0 saturated heterocycles. The Hall–Kier alpha value is -1.15. The quantitative estimate of drug-likeness (QED) is 0.561. The maximum atomic E-state index is 12.6. The third kappa shape index (κ3) is 2.34. The van der Waals surface area contributed by atoms with E-state index in [4.69, 9.17) is 4.74 Å². The van der Waals surface area contributed by atoms with Crippen molar-refractivity contribution in [2.75, 3.05) is 13.7 Å². The van der Waals surface area contributed by atoms with Crippen LogP contribution in [0.15, 0.2) is 34.9 Å². The van der Waals surface area contributed by atoms with E-state index >= 15 is 0 Å². The molecule has 0 spiro atoms. The minimum atomic E-state index is 0.0738. The SMILES string of the molecule is C=C1C(=O)CC2=C(C)CCC2(C)/C=C2/C(COC)CCC12. The second kappa shape index (κ2) is 5.24. The van der Waals surface area contributed by atoms with Crippen molar-refractivity contribution < 1.29 is 9.53 Å². The number of carbonyl (C=O) groups excluding carboxylic acids is 1. The van der Waals surface area contributed by atoms with Gasteiger partial charge in [-0.25, -0.2) is 0 Å². The van der Waals surface area contributed by atoms with E-state index in [9.17, 15) is 4.79 Å². The lowest BCUT2D eigenvalue weighted by atomic mass is 9.72. The number of fused-ring (bicyclic) bond motifs is 2. The highest BCUT2D eigenvalue weighted by atomic mass is 16.5. The van der Waals surface area contributed by atoms with Gasteiger partial charge in [-0.3, -0.25) is 4.79 Å². The Labute approximate surface area is 127 Å². The molecular weight excluding hydrogens is 260 g/mol. The van der Waals surface area contributed by atoms with Gasteiger partial charge in [-0.2, -0.15) is 0 Å². The smallest absolute Gasteiger partial charge is 0.162 e. The molecule has 2 heteroatoms. The molecule has 0 aromatic rings. The Morgan fingerprint density at radius 3 is 2.90 bits per heavy atom. The fourth-order valence-electron chi connectivity index (χ4n) is 4.55. The lowest BCUT2D eigenvalue weighted by molar-refractivity contribution is -0.115. The van der Waals surface area contributed by atoms with Gasteiger partial charge in [-0.1, -0.05) is 36.3 Å². The Bertz CT molecular complexity index is 552. The Kier molecular flexibility index (Phi) is 3.69. The van der Waals surface area contributed by atoms with Gasteiger partial charge in [0, 0.05) is 30.8 Å². The summed E-state index contributed by atoms with van der Waals surface area (Å²) >= 11 is 0. The number of ketones is 1. The number of hydrogen-bond donors (Lipinski definition) is 0. The minimum Gasteiger partial charge on any atom is -0.384 e. The van der Waals surface area contributed by atoms with Gasteiger partial charge in [0.25, 0.3) is 0 Å². The second-order valence-electron chi connectivity index (χ2n) is 7.23. The molecule has 0 amide bonds. The van der Waals surface area contributed by atoms with Crippen molar-refractivity contribution in [1.29, 1.82) is 0 Å². The van der Waals surface area contributed by atoms with Crippen molar-refractivity contribution in [3.63, 3.8) is 0 Å². The summed E-state index contributed by atoms with van der Waals surface area (Å²) in [7, 11) is 1.77. The van der Waals surface area contributed by atoms with Crippen molar-refractivity contribution in [1.82, 2.24) is 0 Å². The van der Waals surface area contributed by atoms with Crippen molar-refractivity contribution in [3.8, 4) is 0 Å². The molecule has 3 unspecified atom stereocenters. The summed E-state index contributed by atoms with van der Waals surface area (Å²) in [6.45, 7) is 9.41. The van der Waals surface area contributed by atoms with E-state index in [2.05, 4.69) is 26.5 Å². The normalized spacial score (nSPS) is 38.7. The predicted molar refractivity (Wildman–Crippen MR) is 85.0 cm³/mol. The summed E-state index contributed by atoms with van der Waals surface area (Å²) < 4.78 is 5.41. The predicted octanol–water partition coefficient (Wildman–Crippen LogP) is 4.23. The zero-order chi connectivity index (χ0) is 15.2. The van der Waals surface area contributed by atoms with E-state index in [1.807, 2.05) is 0 Å². The van der Waals surface area contributed by atoms with Crippen LogP contribution in [0.25, 0.3) is 0 Å². The molecule has 0 heterocycles. The van der Waals surface area contributed by atoms with E-state index < -0.39 is 0 Å². The molecule has 3 rings (SSSR count). The average molecular weight is 286 g/mol. The standard InChI is InChI=1S/C19H26O2/c1-12-7-8-19(3)10-16-14(11-21-4)5-6-15(16)13(2)18(20)9-17(12)19/h10,14-15H,2,5-9,11H2,1,3-4H3/b16-10-. The van der Waals surface area contributed by atoms with Gasteiger partial charge in [-0.15, -0.1) is 0 Å². The Morgan fingerprint density at radius 1 is 1.43 bits per heavy atom. The first kappa shape index (κ1) is 14.8. The zero-order valence-electron chi connectivity index (χ0n) is 13.5. The zero-order valence-corrected chi connectivity index (χ0v) is 13.5. The molecule has 21 heavy (non-hydrogen) atoms. The van der Waals surface area contributed by atoms with E-state index in [0.29, 0.717) is 12.3 Å². The van der Waals surface area contributed by atoms with Crippen LogP contribution in [0.5, 0.6) is 0 Å². The van der Waals surface area contributed by atoms with Gasteiger partial charge >= 0.3 is 0 Å². The molecule has 2 nitrogen and oxygen atoms in total. The highest BCUT2D eigenvalue weighted by molar-refractivity contribution is 5.98. The minimum absolute atomic E-state index is 0.0738. The first-order valence-corrected chi connectivity index (χ1v) is 8.09. The molecule has 1 saturated carbocycles. The molecule has 3 aliphatic carbocycles. The molecule has 1 fully saturated rings. The monoisotopic (exact) mass is 286 g/mol. The molecule has 0 radical (unpaired) electrons. The Morgan fingerprint density at radius 2 is 2.19 bits per heavy atom. The van der Waals surface area contributed by atoms with Crippen molar-refractivity contribution in [2.24, 2.45) is 17.3 Å². The van der Waals surface area contributed by atoms with Crippen LogP contribution >= 0.6 is 0 Å². The molecule has 3 aliphatic rings. The van der Waals surface area contributed by atoms with Gasteiger partial charge in [0.05, 0.1) is 6.61 Å². The number of rotatable bonds is 2. The largest absolute Gasteiger partial charge is 0.384 e. The van der Waals surface area contributed by atoms with Gasteiger partial charge in [0.15, 0.2) is 5.78 Å². The lowest BCUT2D eigenvalue weighted by Crippen LogP contribution is -2.24. The summed E-state index contributed by atoms with van der Waals surface area (Å²) in [5.74, 6) is 0.977. The van der Waals surface area contributed by atoms with E-state index in [1.165, 1.54) is 16.7 Å². The van der Waals surface area contributed by atoms with Crippen LogP contribution in [-0.4, -0.2) is 19.5 Å². The molecule has 0 aromatic carbocycles. The van der Waals surface area contributed by atoms with E-state index in [1.54, 1.807) is 7.11 Å². The van der Waals surface area contributed by atoms with Crippen molar-refractivity contribution in [2.45, 2.75) is 46.0 Å². The fraction of sp³-hybridized carbons (Fsp3) is 0.632. The lowest BCUT2D eigenvalue weighted by Gasteiger charge is -2.31. The number of methoxy groups -OCH3 is 1. The number of ether oxygens (including phenoxy) is 1. The molecule has 114 valence electrons. The number of allylic oxidation sites excluding steroid dienone is 4. The van der Waals surface area contributed by atoms with Crippen LogP contribution in [0.2, 0.25) is 0 Å². The number of carbonyl (C=O) groups is 1. The van der Waals surface area contributed by atoms with Crippen LogP contribution < -0.4 is 0 Å². The summed E-state index contributed by atoms with van der Waals surface area (Å²) in [6, 6.07) is 0. The summed E-state index contributed by atoms with van der Waals surface area (Å²) in [5.41, 5.74) is 5.08. The van der Waals surface area contributed by atoms with E-state index in [0.717, 1.165) is 37.9 Å². The molecule has 3 atom stereocenters. The summed E-state index contributed by atoms with van der Waals surface area (Å²) in [6.07, 6.45) is 7.50. The van der Waals surface area contributed by atoms with Crippen LogP contribution in [0.4, 0.5) is 0 Å². The molecule has 0 N–H and O–H groups in total. The van der Waals surface area contributed by atoms with Crippen LogP contribution in [0.3, 0.4) is 0 Å². The second-order valence-corrected chi connectivity index (χ2v) is 7.23. The number of Topliss-reactive ketones (excluding diaryl/α,β-unsaturated/α-hetero) is 1.